The van der Waals surface area contributed by atoms with E-state index >= 15 is 0 Å². The summed E-state index contributed by atoms with van der Waals surface area (Å²) in [6, 6.07) is 0.974. The van der Waals surface area contributed by atoms with Crippen molar-refractivity contribution in [3.8, 4) is 0 Å². The van der Waals surface area contributed by atoms with Crippen LogP contribution in [0.15, 0.2) is 0 Å². The molecule has 0 bridgehead atoms. The molecule has 1 saturated heterocycles. The van der Waals surface area contributed by atoms with Gasteiger partial charge < -0.3 is 10.6 Å². The topological polar surface area (TPSA) is 41.1 Å². The van der Waals surface area contributed by atoms with E-state index in [0.29, 0.717) is 12.1 Å². The molecule has 3 heteroatoms. The van der Waals surface area contributed by atoms with Gasteiger partial charge in [-0.1, -0.05) is 6.92 Å². The molecule has 2 rings (SSSR count). The summed E-state index contributed by atoms with van der Waals surface area (Å²) in [5.74, 6) is 1.08. The largest absolute Gasteiger partial charge is 0.352 e. The molecule has 1 saturated carbocycles. The Morgan fingerprint density at radius 3 is 2.41 bits per heavy atom. The van der Waals surface area contributed by atoms with Crippen LogP contribution in [0.3, 0.4) is 0 Å². The minimum atomic E-state index is 0.0538. The summed E-state index contributed by atoms with van der Waals surface area (Å²) in [6.07, 6.45) is 8.22. The second kappa shape index (κ2) is 5.85. The van der Waals surface area contributed by atoms with Crippen LogP contribution in [0, 0.1) is 5.92 Å². The molecule has 0 aromatic heterocycles. The summed E-state index contributed by atoms with van der Waals surface area (Å²) >= 11 is 0. The zero-order valence-electron chi connectivity index (χ0n) is 11.2. The Labute approximate surface area is 105 Å². The average Bonchev–Trinajstić information content (AvgIpc) is 2.32. The standard InChI is InChI=1S/C14H26N2O/c1-10-6-8-12(9-7-10)16-14(17)13-5-3-4-11(2)15-13/h10-13,15H,3-9H2,1-2H3,(H,16,17). The van der Waals surface area contributed by atoms with Gasteiger partial charge in [-0.3, -0.25) is 4.79 Å². The van der Waals surface area contributed by atoms with Crippen LogP contribution < -0.4 is 10.6 Å². The Hall–Kier alpha value is -0.570. The van der Waals surface area contributed by atoms with Crippen LogP contribution in [0.4, 0.5) is 0 Å². The van der Waals surface area contributed by atoms with Crippen molar-refractivity contribution < 1.29 is 4.79 Å². The Morgan fingerprint density at radius 2 is 1.76 bits per heavy atom. The van der Waals surface area contributed by atoms with Crippen molar-refractivity contribution in [2.75, 3.05) is 0 Å². The third-order valence-electron chi connectivity index (χ3n) is 4.29. The lowest BCUT2D eigenvalue weighted by Gasteiger charge is -2.31. The van der Waals surface area contributed by atoms with E-state index in [1.807, 2.05) is 0 Å². The van der Waals surface area contributed by atoms with Crippen LogP contribution in [0.25, 0.3) is 0 Å². The van der Waals surface area contributed by atoms with Crippen molar-refractivity contribution in [2.45, 2.75) is 76.9 Å². The van der Waals surface area contributed by atoms with Crippen molar-refractivity contribution >= 4 is 5.91 Å². The maximum absolute atomic E-state index is 12.1. The molecule has 1 heterocycles. The molecule has 1 aliphatic heterocycles. The van der Waals surface area contributed by atoms with Gasteiger partial charge in [-0.05, 0) is 57.8 Å². The molecule has 2 N–H and O–H groups in total. The number of amides is 1. The average molecular weight is 238 g/mol. The lowest BCUT2D eigenvalue weighted by atomic mass is 9.87. The number of carbonyl (C=O) groups excluding carboxylic acids is 1. The molecule has 98 valence electrons. The minimum Gasteiger partial charge on any atom is -0.352 e. The zero-order chi connectivity index (χ0) is 12.3. The predicted octanol–water partition coefficient (Wildman–Crippen LogP) is 2.21. The van der Waals surface area contributed by atoms with E-state index in [9.17, 15) is 4.79 Å². The quantitative estimate of drug-likeness (QED) is 0.774. The number of carbonyl (C=O) groups is 1. The zero-order valence-corrected chi connectivity index (χ0v) is 11.2. The molecular weight excluding hydrogens is 212 g/mol. The molecule has 0 spiro atoms. The van der Waals surface area contributed by atoms with E-state index < -0.39 is 0 Å². The van der Waals surface area contributed by atoms with Crippen LogP contribution in [-0.2, 0) is 4.79 Å². The van der Waals surface area contributed by atoms with E-state index in [-0.39, 0.29) is 11.9 Å². The van der Waals surface area contributed by atoms with E-state index in [0.717, 1.165) is 25.2 Å². The molecule has 3 nitrogen and oxygen atoms in total. The molecule has 2 fully saturated rings. The summed E-state index contributed by atoms with van der Waals surface area (Å²) in [5, 5.41) is 6.63. The second-order valence-corrected chi connectivity index (χ2v) is 6.02. The van der Waals surface area contributed by atoms with Gasteiger partial charge in [0.25, 0.3) is 0 Å². The molecule has 0 aromatic carbocycles. The van der Waals surface area contributed by atoms with Crippen molar-refractivity contribution in [3.63, 3.8) is 0 Å². The maximum atomic E-state index is 12.1. The van der Waals surface area contributed by atoms with Gasteiger partial charge >= 0.3 is 0 Å². The fraction of sp³-hybridized carbons (Fsp3) is 0.929. The smallest absolute Gasteiger partial charge is 0.237 e. The first-order valence-corrected chi connectivity index (χ1v) is 7.21. The van der Waals surface area contributed by atoms with Crippen molar-refractivity contribution in [3.05, 3.63) is 0 Å². The first-order chi connectivity index (χ1) is 8.15. The van der Waals surface area contributed by atoms with Gasteiger partial charge in [-0.2, -0.15) is 0 Å². The lowest BCUT2D eigenvalue weighted by molar-refractivity contribution is -0.125. The number of hydrogen-bond acceptors (Lipinski definition) is 2. The molecule has 17 heavy (non-hydrogen) atoms. The molecule has 1 aliphatic carbocycles. The van der Waals surface area contributed by atoms with Crippen molar-refractivity contribution in [1.82, 2.24) is 10.6 Å². The van der Waals surface area contributed by atoms with Crippen LogP contribution in [0.5, 0.6) is 0 Å². The van der Waals surface area contributed by atoms with Gasteiger partial charge in [0.2, 0.25) is 5.91 Å². The highest BCUT2D eigenvalue weighted by molar-refractivity contribution is 5.82. The fourth-order valence-electron chi connectivity index (χ4n) is 3.05. The first kappa shape index (κ1) is 12.9. The molecular formula is C14H26N2O. The molecule has 0 radical (unpaired) electrons. The van der Waals surface area contributed by atoms with Gasteiger partial charge in [0, 0.05) is 12.1 Å². The number of hydrogen-bond donors (Lipinski definition) is 2. The third kappa shape index (κ3) is 3.70. The van der Waals surface area contributed by atoms with E-state index in [2.05, 4.69) is 24.5 Å². The highest BCUT2D eigenvalue weighted by Gasteiger charge is 2.27. The highest BCUT2D eigenvalue weighted by atomic mass is 16.2. The molecule has 2 unspecified atom stereocenters. The van der Waals surface area contributed by atoms with E-state index in [1.165, 1.54) is 25.7 Å². The predicted molar refractivity (Wildman–Crippen MR) is 69.8 cm³/mol. The van der Waals surface area contributed by atoms with Crippen LogP contribution >= 0.6 is 0 Å². The number of rotatable bonds is 2. The van der Waals surface area contributed by atoms with Crippen molar-refractivity contribution in [2.24, 2.45) is 5.92 Å². The number of nitrogens with one attached hydrogen (secondary N) is 2. The van der Waals surface area contributed by atoms with Gasteiger partial charge in [-0.15, -0.1) is 0 Å². The maximum Gasteiger partial charge on any atom is 0.237 e. The van der Waals surface area contributed by atoms with E-state index in [4.69, 9.17) is 0 Å². The fourth-order valence-corrected chi connectivity index (χ4v) is 3.05. The molecule has 2 aliphatic rings. The number of piperidine rings is 1. The Bertz CT molecular complexity index is 259. The highest BCUT2D eigenvalue weighted by Crippen LogP contribution is 2.23. The Balaban J connectivity index is 1.76. The second-order valence-electron chi connectivity index (χ2n) is 6.02. The molecule has 1 amide bonds. The lowest BCUT2D eigenvalue weighted by Crippen LogP contribution is -2.52. The Kier molecular flexibility index (Phi) is 4.43. The summed E-state index contributed by atoms with van der Waals surface area (Å²) in [5.41, 5.74) is 0. The van der Waals surface area contributed by atoms with E-state index in [1.54, 1.807) is 0 Å². The first-order valence-electron chi connectivity index (χ1n) is 7.21. The van der Waals surface area contributed by atoms with Gasteiger partial charge in [0.15, 0.2) is 0 Å². The van der Waals surface area contributed by atoms with Crippen LogP contribution in [-0.4, -0.2) is 24.0 Å². The summed E-state index contributed by atoms with van der Waals surface area (Å²) in [7, 11) is 0. The normalized spacial score (nSPS) is 38.7. The summed E-state index contributed by atoms with van der Waals surface area (Å²) in [6.45, 7) is 4.48. The SMILES string of the molecule is CC1CCC(NC(=O)C2CCCC(C)N2)CC1. The Morgan fingerprint density at radius 1 is 1.06 bits per heavy atom. The monoisotopic (exact) mass is 238 g/mol. The van der Waals surface area contributed by atoms with Gasteiger partial charge in [0.05, 0.1) is 6.04 Å². The minimum absolute atomic E-state index is 0.0538. The van der Waals surface area contributed by atoms with Crippen LogP contribution in [0.2, 0.25) is 0 Å². The molecule has 0 aromatic rings. The van der Waals surface area contributed by atoms with Gasteiger partial charge in [-0.25, -0.2) is 0 Å². The summed E-state index contributed by atoms with van der Waals surface area (Å²) in [4.78, 5) is 12.1. The third-order valence-corrected chi connectivity index (χ3v) is 4.29. The van der Waals surface area contributed by atoms with Crippen LogP contribution in [0.1, 0.15) is 58.8 Å². The van der Waals surface area contributed by atoms with Crippen molar-refractivity contribution in [1.29, 1.82) is 0 Å². The summed E-state index contributed by atoms with van der Waals surface area (Å²) < 4.78 is 0. The molecule has 2 atom stereocenters. The van der Waals surface area contributed by atoms with Gasteiger partial charge in [0.1, 0.15) is 0 Å².